The maximum Gasteiger partial charge on any atom is 0.188 e. The van der Waals surface area contributed by atoms with Gasteiger partial charge in [-0.2, -0.15) is 0 Å². The summed E-state index contributed by atoms with van der Waals surface area (Å²) < 4.78 is 52.3. The number of fused-ring (bicyclic) bond motifs is 6. The largest absolute Gasteiger partial charge is 0.496 e. The van der Waals surface area contributed by atoms with Crippen LogP contribution in [-0.2, 0) is 21.5 Å². The van der Waals surface area contributed by atoms with E-state index in [4.69, 9.17) is 42.6 Å². The molecule has 3 aliphatic heterocycles. The number of benzene rings is 4. The lowest BCUT2D eigenvalue weighted by molar-refractivity contribution is -0.00583. The minimum Gasteiger partial charge on any atom is -0.496 e. The fourth-order valence-electron chi connectivity index (χ4n) is 6.64. The second-order valence-electron chi connectivity index (χ2n) is 11.4. The number of methoxy groups -OCH3 is 4. The molecule has 4 aromatic carbocycles. The van der Waals surface area contributed by atoms with Crippen LogP contribution in [0.25, 0.3) is 0 Å². The van der Waals surface area contributed by atoms with E-state index in [9.17, 15) is 5.11 Å². The van der Waals surface area contributed by atoms with Crippen LogP contribution in [0.4, 0.5) is 0 Å². The van der Waals surface area contributed by atoms with Crippen LogP contribution in [0.5, 0.6) is 40.2 Å². The molecule has 0 bridgehead atoms. The quantitative estimate of drug-likeness (QED) is 0.214. The molecule has 3 heterocycles. The highest BCUT2D eigenvalue weighted by atomic mass is 16.7. The molecule has 0 aromatic heterocycles. The third-order valence-corrected chi connectivity index (χ3v) is 8.85. The van der Waals surface area contributed by atoms with E-state index >= 15 is 0 Å². The zero-order valence-electron chi connectivity index (χ0n) is 26.1. The average molecular weight is 629 g/mol. The maximum atomic E-state index is 12.6. The first-order valence-electron chi connectivity index (χ1n) is 15.0. The lowest BCUT2D eigenvalue weighted by Crippen LogP contribution is -2.40. The van der Waals surface area contributed by atoms with Gasteiger partial charge in [-0.05, 0) is 35.4 Å². The molecule has 3 aliphatic rings. The Hall–Kier alpha value is -4.64. The molecule has 0 radical (unpaired) electrons. The minimum absolute atomic E-state index is 0.0245. The summed E-state index contributed by atoms with van der Waals surface area (Å²) in [5.41, 5.74) is 2.59. The van der Waals surface area contributed by atoms with Crippen molar-refractivity contribution >= 4 is 0 Å². The van der Waals surface area contributed by atoms with Crippen LogP contribution in [0, 0.1) is 0 Å². The standard InChI is InChI=1S/C36H36O10/c1-38-19-43-23-10-11-24-29(14-23)42-18-26-25-12-21(28(40-3)16-30(25)46-35(24)26)13-34-36(37,22-8-6-5-7-9-22)27-15-33(44-20-39-2)32(41-4)17-31(27)45-34/h5-12,14-17,26,34-35,37H,13,18-20H2,1-4H3/t26-,34?,35-,36?/m1/s1. The average Bonchev–Trinajstić information content (AvgIpc) is 3.59. The van der Waals surface area contributed by atoms with E-state index < -0.39 is 11.7 Å². The number of hydrogen-bond acceptors (Lipinski definition) is 10. The van der Waals surface area contributed by atoms with Gasteiger partial charge in [0.05, 0.1) is 26.7 Å². The topological polar surface area (TPSA) is 103 Å². The van der Waals surface area contributed by atoms with E-state index in [1.54, 1.807) is 40.6 Å². The number of aliphatic hydroxyl groups is 1. The van der Waals surface area contributed by atoms with Gasteiger partial charge in [0.25, 0.3) is 0 Å². The van der Waals surface area contributed by atoms with Crippen molar-refractivity contribution in [3.8, 4) is 40.2 Å². The molecule has 1 N–H and O–H groups in total. The fraction of sp³-hybridized carbons (Fsp3) is 0.333. The molecular formula is C36H36O10. The first kappa shape index (κ1) is 30.0. The van der Waals surface area contributed by atoms with Gasteiger partial charge >= 0.3 is 0 Å². The van der Waals surface area contributed by atoms with Gasteiger partial charge in [0.1, 0.15) is 41.0 Å². The van der Waals surface area contributed by atoms with E-state index in [2.05, 4.69) is 6.07 Å². The van der Waals surface area contributed by atoms with E-state index in [1.807, 2.05) is 54.6 Å². The third kappa shape index (κ3) is 5.02. The van der Waals surface area contributed by atoms with Crippen molar-refractivity contribution in [2.24, 2.45) is 0 Å². The van der Waals surface area contributed by atoms with E-state index in [-0.39, 0.29) is 25.6 Å². The predicted molar refractivity (Wildman–Crippen MR) is 167 cm³/mol. The highest BCUT2D eigenvalue weighted by Crippen LogP contribution is 2.54. The molecular weight excluding hydrogens is 592 g/mol. The summed E-state index contributed by atoms with van der Waals surface area (Å²) in [7, 11) is 6.32. The molecule has 10 heteroatoms. The Morgan fingerprint density at radius 2 is 1.50 bits per heavy atom. The number of hydrogen-bond donors (Lipinski definition) is 1. The Bertz CT molecular complexity index is 1720. The molecule has 240 valence electrons. The van der Waals surface area contributed by atoms with Gasteiger partial charge in [0, 0.05) is 55.5 Å². The van der Waals surface area contributed by atoms with Crippen molar-refractivity contribution in [2.75, 3.05) is 48.6 Å². The van der Waals surface area contributed by atoms with Crippen molar-refractivity contribution in [3.05, 3.63) is 101 Å². The molecule has 2 unspecified atom stereocenters. The first-order valence-corrected chi connectivity index (χ1v) is 15.0. The van der Waals surface area contributed by atoms with Crippen LogP contribution < -0.4 is 33.2 Å². The molecule has 7 rings (SSSR count). The fourth-order valence-corrected chi connectivity index (χ4v) is 6.64. The van der Waals surface area contributed by atoms with Crippen LogP contribution in [0.15, 0.2) is 72.8 Å². The monoisotopic (exact) mass is 628 g/mol. The number of rotatable bonds is 11. The van der Waals surface area contributed by atoms with Gasteiger partial charge in [-0.3, -0.25) is 0 Å². The van der Waals surface area contributed by atoms with Crippen LogP contribution in [0.3, 0.4) is 0 Å². The summed E-state index contributed by atoms with van der Waals surface area (Å²) in [4.78, 5) is 0. The summed E-state index contributed by atoms with van der Waals surface area (Å²) in [6.45, 7) is 0.616. The van der Waals surface area contributed by atoms with Crippen LogP contribution in [0.2, 0.25) is 0 Å². The summed E-state index contributed by atoms with van der Waals surface area (Å²) in [6, 6.07) is 22.8. The maximum absolute atomic E-state index is 12.6. The van der Waals surface area contributed by atoms with Gasteiger partial charge < -0.3 is 47.7 Å². The van der Waals surface area contributed by atoms with Crippen molar-refractivity contribution in [2.45, 2.75) is 30.1 Å². The second-order valence-corrected chi connectivity index (χ2v) is 11.4. The van der Waals surface area contributed by atoms with E-state index in [0.717, 1.165) is 28.2 Å². The van der Waals surface area contributed by atoms with Gasteiger partial charge in [-0.25, -0.2) is 0 Å². The van der Waals surface area contributed by atoms with E-state index in [1.165, 1.54) is 0 Å². The number of ether oxygens (including phenoxy) is 9. The van der Waals surface area contributed by atoms with Gasteiger partial charge in [0.15, 0.2) is 30.7 Å². The summed E-state index contributed by atoms with van der Waals surface area (Å²) in [5.74, 6) is 4.16. The van der Waals surface area contributed by atoms with Crippen LogP contribution in [0.1, 0.15) is 39.8 Å². The molecule has 0 saturated carbocycles. The van der Waals surface area contributed by atoms with Crippen LogP contribution >= 0.6 is 0 Å². The Morgan fingerprint density at radius 3 is 2.26 bits per heavy atom. The smallest absolute Gasteiger partial charge is 0.188 e. The minimum atomic E-state index is -1.51. The Kier molecular flexibility index (Phi) is 8.02. The van der Waals surface area contributed by atoms with Crippen molar-refractivity contribution in [1.82, 2.24) is 0 Å². The lowest BCUT2D eigenvalue weighted by Gasteiger charge is -2.30. The first-order chi connectivity index (χ1) is 22.5. The molecule has 0 saturated heterocycles. The Balaban J connectivity index is 1.23. The Labute approximate surface area is 267 Å². The Morgan fingerprint density at radius 1 is 0.739 bits per heavy atom. The lowest BCUT2D eigenvalue weighted by atomic mass is 9.80. The molecule has 0 spiro atoms. The zero-order valence-corrected chi connectivity index (χ0v) is 26.1. The highest BCUT2D eigenvalue weighted by molar-refractivity contribution is 5.60. The summed E-state index contributed by atoms with van der Waals surface area (Å²) in [6.07, 6.45) is -0.588. The molecule has 0 aliphatic carbocycles. The van der Waals surface area contributed by atoms with Gasteiger partial charge in [-0.15, -0.1) is 0 Å². The molecule has 10 nitrogen and oxygen atoms in total. The van der Waals surface area contributed by atoms with E-state index in [0.29, 0.717) is 52.9 Å². The summed E-state index contributed by atoms with van der Waals surface area (Å²) >= 11 is 0. The SMILES string of the molecule is COCOc1ccc2c(c1)OC[C@@H]1c3cc(CC4Oc5cc(OC)c(OCOC)cc5C4(O)c4ccccc4)c(OC)cc3O[C@H]21. The molecule has 4 atom stereocenters. The van der Waals surface area contributed by atoms with Crippen LogP contribution in [-0.4, -0.2) is 59.8 Å². The summed E-state index contributed by atoms with van der Waals surface area (Å²) in [5, 5.41) is 12.6. The van der Waals surface area contributed by atoms with Crippen molar-refractivity contribution < 1.29 is 47.7 Å². The zero-order chi connectivity index (χ0) is 31.8. The molecule has 0 amide bonds. The molecule has 4 aromatic rings. The van der Waals surface area contributed by atoms with Gasteiger partial charge in [-0.1, -0.05) is 30.3 Å². The molecule has 0 fully saturated rings. The van der Waals surface area contributed by atoms with Crippen molar-refractivity contribution in [3.63, 3.8) is 0 Å². The molecule has 46 heavy (non-hydrogen) atoms. The normalized spacial score (nSPS) is 21.9. The van der Waals surface area contributed by atoms with Crippen molar-refractivity contribution in [1.29, 1.82) is 0 Å². The predicted octanol–water partition coefficient (Wildman–Crippen LogP) is 5.52. The third-order valence-electron chi connectivity index (χ3n) is 8.85. The highest BCUT2D eigenvalue weighted by Gasteiger charge is 2.50. The van der Waals surface area contributed by atoms with Gasteiger partial charge in [0.2, 0.25) is 0 Å². The second kappa shape index (κ2) is 12.3.